The first-order chi connectivity index (χ1) is 10.2. The molecule has 0 aliphatic carbocycles. The van der Waals surface area contributed by atoms with Gasteiger partial charge < -0.3 is 10.6 Å². The lowest BCUT2D eigenvalue weighted by molar-refractivity contribution is 0.0946. The second-order valence-electron chi connectivity index (χ2n) is 4.82. The van der Waals surface area contributed by atoms with E-state index >= 15 is 0 Å². The third kappa shape index (κ3) is 4.27. The van der Waals surface area contributed by atoms with E-state index in [2.05, 4.69) is 27.5 Å². The summed E-state index contributed by atoms with van der Waals surface area (Å²) in [6.45, 7) is 5.37. The Kier molecular flexibility index (Phi) is 5.26. The largest absolute Gasteiger partial charge is 0.370 e. The van der Waals surface area contributed by atoms with Gasteiger partial charge >= 0.3 is 0 Å². The molecule has 0 fully saturated rings. The van der Waals surface area contributed by atoms with Crippen LogP contribution in [0.2, 0.25) is 0 Å². The molecule has 5 heteroatoms. The second kappa shape index (κ2) is 7.38. The van der Waals surface area contributed by atoms with Crippen molar-refractivity contribution in [2.75, 3.05) is 11.9 Å². The molecular formula is C16H20N4O. The summed E-state index contributed by atoms with van der Waals surface area (Å²) < 4.78 is 0. The minimum Gasteiger partial charge on any atom is -0.370 e. The molecule has 0 bridgehead atoms. The van der Waals surface area contributed by atoms with Crippen molar-refractivity contribution < 1.29 is 4.79 Å². The highest BCUT2D eigenvalue weighted by molar-refractivity contribution is 5.92. The number of aryl methyl sites for hydroxylation is 1. The summed E-state index contributed by atoms with van der Waals surface area (Å²) >= 11 is 0. The molecular weight excluding hydrogens is 264 g/mol. The molecule has 0 atom stereocenters. The lowest BCUT2D eigenvalue weighted by atomic mass is 10.1. The molecule has 2 aromatic rings. The number of nitrogens with one attached hydrogen (secondary N) is 2. The van der Waals surface area contributed by atoms with Gasteiger partial charge in [0.2, 0.25) is 0 Å². The maximum atomic E-state index is 12.1. The summed E-state index contributed by atoms with van der Waals surface area (Å²) in [5.41, 5.74) is 2.53. The van der Waals surface area contributed by atoms with Crippen LogP contribution in [-0.2, 0) is 6.54 Å². The van der Waals surface area contributed by atoms with Gasteiger partial charge in [-0.1, -0.05) is 13.0 Å². The van der Waals surface area contributed by atoms with Gasteiger partial charge in [0, 0.05) is 25.5 Å². The molecule has 0 unspecified atom stereocenters. The van der Waals surface area contributed by atoms with Crippen LogP contribution >= 0.6 is 0 Å². The average molecular weight is 284 g/mol. The van der Waals surface area contributed by atoms with Crippen molar-refractivity contribution in [3.05, 3.63) is 53.5 Å². The molecule has 1 amide bonds. The standard InChI is InChI=1S/C16H20N4O/c1-3-8-18-15-6-4-5-14(20-15)16(21)19-11-13-7-9-17-10-12(13)2/h4-7,9-10H,3,8,11H2,1-2H3,(H,18,20)(H,19,21). The number of nitrogens with zero attached hydrogens (tertiary/aromatic N) is 2. The Morgan fingerprint density at radius 1 is 1.29 bits per heavy atom. The van der Waals surface area contributed by atoms with Crippen molar-refractivity contribution in [1.29, 1.82) is 0 Å². The summed E-state index contributed by atoms with van der Waals surface area (Å²) in [7, 11) is 0. The molecule has 0 radical (unpaired) electrons. The molecule has 0 aliphatic heterocycles. The van der Waals surface area contributed by atoms with E-state index in [1.165, 1.54) is 0 Å². The fourth-order valence-electron chi connectivity index (χ4n) is 1.88. The van der Waals surface area contributed by atoms with Crippen LogP contribution in [0.5, 0.6) is 0 Å². The van der Waals surface area contributed by atoms with Crippen LogP contribution in [0.4, 0.5) is 5.82 Å². The van der Waals surface area contributed by atoms with Crippen LogP contribution in [0.15, 0.2) is 36.7 Å². The molecule has 0 spiro atoms. The Labute approximate surface area is 124 Å². The Morgan fingerprint density at radius 3 is 2.90 bits per heavy atom. The number of carbonyl (C=O) groups is 1. The van der Waals surface area contributed by atoms with Crippen LogP contribution in [0.3, 0.4) is 0 Å². The molecule has 2 N–H and O–H groups in total. The number of carbonyl (C=O) groups excluding carboxylic acids is 1. The van der Waals surface area contributed by atoms with Crippen LogP contribution in [0.25, 0.3) is 0 Å². The van der Waals surface area contributed by atoms with E-state index in [-0.39, 0.29) is 5.91 Å². The van der Waals surface area contributed by atoms with E-state index in [9.17, 15) is 4.79 Å². The molecule has 0 saturated heterocycles. The van der Waals surface area contributed by atoms with Crippen molar-refractivity contribution in [1.82, 2.24) is 15.3 Å². The minimum atomic E-state index is -0.175. The zero-order valence-corrected chi connectivity index (χ0v) is 12.4. The maximum absolute atomic E-state index is 12.1. The zero-order chi connectivity index (χ0) is 15.1. The number of pyridine rings is 2. The number of hydrogen-bond acceptors (Lipinski definition) is 4. The predicted octanol–water partition coefficient (Wildman–Crippen LogP) is 2.54. The number of hydrogen-bond donors (Lipinski definition) is 2. The van der Waals surface area contributed by atoms with Gasteiger partial charge in [-0.3, -0.25) is 9.78 Å². The van der Waals surface area contributed by atoms with E-state index in [4.69, 9.17) is 0 Å². The molecule has 21 heavy (non-hydrogen) atoms. The monoisotopic (exact) mass is 284 g/mol. The van der Waals surface area contributed by atoms with Gasteiger partial charge in [-0.25, -0.2) is 4.98 Å². The normalized spacial score (nSPS) is 10.2. The van der Waals surface area contributed by atoms with Gasteiger partial charge in [0.15, 0.2) is 0 Å². The topological polar surface area (TPSA) is 66.9 Å². The Balaban J connectivity index is 1.98. The molecule has 0 aliphatic rings. The van der Waals surface area contributed by atoms with Gasteiger partial charge in [0.1, 0.15) is 11.5 Å². The van der Waals surface area contributed by atoms with Crippen LogP contribution in [0, 0.1) is 6.92 Å². The second-order valence-corrected chi connectivity index (χ2v) is 4.82. The van der Waals surface area contributed by atoms with Gasteiger partial charge in [0.05, 0.1) is 0 Å². The van der Waals surface area contributed by atoms with Crippen LogP contribution in [-0.4, -0.2) is 22.4 Å². The van der Waals surface area contributed by atoms with Gasteiger partial charge in [-0.15, -0.1) is 0 Å². The van der Waals surface area contributed by atoms with E-state index in [0.717, 1.165) is 29.9 Å². The first-order valence-corrected chi connectivity index (χ1v) is 7.09. The lowest BCUT2D eigenvalue weighted by Crippen LogP contribution is -2.24. The fraction of sp³-hybridized carbons (Fsp3) is 0.312. The van der Waals surface area contributed by atoms with Crippen molar-refractivity contribution >= 4 is 11.7 Å². The predicted molar refractivity (Wildman–Crippen MR) is 83.2 cm³/mol. The van der Waals surface area contributed by atoms with Crippen molar-refractivity contribution in [2.24, 2.45) is 0 Å². The SMILES string of the molecule is CCCNc1cccc(C(=O)NCc2ccncc2C)n1. The third-order valence-corrected chi connectivity index (χ3v) is 3.11. The average Bonchev–Trinajstić information content (AvgIpc) is 2.52. The first kappa shape index (κ1) is 15.0. The van der Waals surface area contributed by atoms with E-state index in [1.54, 1.807) is 18.5 Å². The summed E-state index contributed by atoms with van der Waals surface area (Å²) in [6.07, 6.45) is 4.52. The van der Waals surface area contributed by atoms with Crippen molar-refractivity contribution in [2.45, 2.75) is 26.8 Å². The molecule has 2 rings (SSSR count). The van der Waals surface area contributed by atoms with E-state index < -0.39 is 0 Å². The molecule has 0 saturated carbocycles. The van der Waals surface area contributed by atoms with Gasteiger partial charge in [-0.05, 0) is 42.7 Å². The third-order valence-electron chi connectivity index (χ3n) is 3.11. The molecule has 110 valence electrons. The quantitative estimate of drug-likeness (QED) is 0.855. The highest BCUT2D eigenvalue weighted by Crippen LogP contribution is 2.07. The summed E-state index contributed by atoms with van der Waals surface area (Å²) in [5, 5.41) is 6.06. The van der Waals surface area contributed by atoms with Gasteiger partial charge in [-0.2, -0.15) is 0 Å². The Morgan fingerprint density at radius 2 is 2.14 bits per heavy atom. The van der Waals surface area contributed by atoms with Crippen LogP contribution < -0.4 is 10.6 Å². The highest BCUT2D eigenvalue weighted by Gasteiger charge is 2.08. The molecule has 0 aromatic carbocycles. The first-order valence-electron chi connectivity index (χ1n) is 7.09. The van der Waals surface area contributed by atoms with E-state index in [0.29, 0.717) is 12.2 Å². The summed E-state index contributed by atoms with van der Waals surface area (Å²) in [5.74, 6) is 0.552. The molecule has 2 aromatic heterocycles. The summed E-state index contributed by atoms with van der Waals surface area (Å²) in [6, 6.07) is 7.31. The van der Waals surface area contributed by atoms with E-state index in [1.807, 2.05) is 25.1 Å². The number of rotatable bonds is 6. The van der Waals surface area contributed by atoms with Crippen LogP contribution in [0.1, 0.15) is 35.0 Å². The zero-order valence-electron chi connectivity index (χ0n) is 12.4. The molecule has 2 heterocycles. The smallest absolute Gasteiger partial charge is 0.270 e. The summed E-state index contributed by atoms with van der Waals surface area (Å²) in [4.78, 5) is 20.5. The highest BCUT2D eigenvalue weighted by atomic mass is 16.1. The molecule has 5 nitrogen and oxygen atoms in total. The van der Waals surface area contributed by atoms with Crippen molar-refractivity contribution in [3.8, 4) is 0 Å². The number of anilines is 1. The lowest BCUT2D eigenvalue weighted by Gasteiger charge is -2.08. The minimum absolute atomic E-state index is 0.175. The maximum Gasteiger partial charge on any atom is 0.270 e. The van der Waals surface area contributed by atoms with Crippen molar-refractivity contribution in [3.63, 3.8) is 0 Å². The van der Waals surface area contributed by atoms with Gasteiger partial charge in [0.25, 0.3) is 5.91 Å². The Hall–Kier alpha value is -2.43. The number of aromatic nitrogens is 2. The number of amides is 1. The fourth-order valence-corrected chi connectivity index (χ4v) is 1.88. The Bertz CT molecular complexity index is 613.